The zero-order chi connectivity index (χ0) is 21.8. The van der Waals surface area contributed by atoms with Gasteiger partial charge in [0, 0.05) is 11.5 Å². The molecule has 1 aromatic heterocycles. The first-order valence-electron chi connectivity index (χ1n) is 9.76. The largest absolute Gasteiger partial charge is 0.493 e. The second kappa shape index (κ2) is 8.81. The third-order valence-corrected chi connectivity index (χ3v) is 5.68. The Morgan fingerprint density at radius 3 is 2.52 bits per heavy atom. The summed E-state index contributed by atoms with van der Waals surface area (Å²) in [6.07, 6.45) is 0.664. The molecule has 0 spiro atoms. The van der Waals surface area contributed by atoms with Crippen molar-refractivity contribution < 1.29 is 19.0 Å². The maximum absolute atomic E-state index is 12.9. The van der Waals surface area contributed by atoms with Crippen molar-refractivity contribution in [3.63, 3.8) is 0 Å². The highest BCUT2D eigenvalue weighted by Crippen LogP contribution is 2.55. The molecule has 2 aromatic carbocycles. The average Bonchev–Trinajstić information content (AvgIpc) is 3.56. The number of benzene rings is 2. The quantitative estimate of drug-likeness (QED) is 0.568. The summed E-state index contributed by atoms with van der Waals surface area (Å²) in [5.74, 6) is 1.83. The SMILES string of the molecule is COc1ccc(OCC2(c3ccccc3)CC2C(=O)Nc2ccc(Cl)nn2)cc1OC. The molecule has 1 heterocycles. The van der Waals surface area contributed by atoms with Gasteiger partial charge in [-0.05, 0) is 36.2 Å². The molecule has 3 aromatic rings. The van der Waals surface area contributed by atoms with Crippen LogP contribution in [0.3, 0.4) is 0 Å². The Kier molecular flexibility index (Phi) is 5.95. The van der Waals surface area contributed by atoms with Gasteiger partial charge in [-0.3, -0.25) is 4.79 Å². The number of nitrogens with one attached hydrogen (secondary N) is 1. The van der Waals surface area contributed by atoms with Crippen molar-refractivity contribution >= 4 is 23.3 Å². The van der Waals surface area contributed by atoms with Gasteiger partial charge in [-0.2, -0.15) is 0 Å². The van der Waals surface area contributed by atoms with Gasteiger partial charge in [-0.1, -0.05) is 41.9 Å². The smallest absolute Gasteiger partial charge is 0.229 e. The van der Waals surface area contributed by atoms with Crippen LogP contribution in [0, 0.1) is 5.92 Å². The molecule has 4 rings (SSSR count). The van der Waals surface area contributed by atoms with Crippen molar-refractivity contribution in [2.24, 2.45) is 5.92 Å². The van der Waals surface area contributed by atoms with Gasteiger partial charge >= 0.3 is 0 Å². The van der Waals surface area contributed by atoms with E-state index in [-0.39, 0.29) is 17.0 Å². The number of hydrogen-bond donors (Lipinski definition) is 1. The van der Waals surface area contributed by atoms with Crippen LogP contribution in [-0.4, -0.2) is 36.9 Å². The van der Waals surface area contributed by atoms with E-state index in [0.29, 0.717) is 36.1 Å². The lowest BCUT2D eigenvalue weighted by atomic mass is 9.93. The van der Waals surface area contributed by atoms with Crippen molar-refractivity contribution in [1.29, 1.82) is 0 Å². The van der Waals surface area contributed by atoms with Gasteiger partial charge in [0.25, 0.3) is 0 Å². The van der Waals surface area contributed by atoms with Gasteiger partial charge in [0.15, 0.2) is 22.5 Å². The minimum Gasteiger partial charge on any atom is -0.493 e. The van der Waals surface area contributed by atoms with Crippen LogP contribution in [0.1, 0.15) is 12.0 Å². The molecule has 1 N–H and O–H groups in total. The number of carbonyl (C=O) groups is 1. The molecular weight excluding hydrogens is 418 g/mol. The molecule has 160 valence electrons. The molecule has 2 atom stereocenters. The monoisotopic (exact) mass is 439 g/mol. The first-order valence-corrected chi connectivity index (χ1v) is 10.1. The summed E-state index contributed by atoms with van der Waals surface area (Å²) >= 11 is 5.77. The maximum Gasteiger partial charge on any atom is 0.229 e. The third kappa shape index (κ3) is 4.41. The van der Waals surface area contributed by atoms with E-state index in [4.69, 9.17) is 25.8 Å². The number of amides is 1. The Labute approximate surface area is 185 Å². The van der Waals surface area contributed by atoms with Crippen LogP contribution in [0.2, 0.25) is 5.15 Å². The van der Waals surface area contributed by atoms with E-state index in [1.165, 1.54) is 0 Å². The van der Waals surface area contributed by atoms with Crippen molar-refractivity contribution in [3.8, 4) is 17.2 Å². The molecule has 0 bridgehead atoms. The van der Waals surface area contributed by atoms with E-state index < -0.39 is 5.41 Å². The zero-order valence-corrected chi connectivity index (χ0v) is 17.9. The summed E-state index contributed by atoms with van der Waals surface area (Å²) in [5.41, 5.74) is 0.621. The number of nitrogens with zero attached hydrogens (tertiary/aromatic N) is 2. The molecule has 1 aliphatic rings. The molecule has 1 aliphatic carbocycles. The first-order chi connectivity index (χ1) is 15.1. The lowest BCUT2D eigenvalue weighted by Gasteiger charge is -2.19. The fraction of sp³-hybridized carbons (Fsp3) is 0.261. The van der Waals surface area contributed by atoms with Crippen LogP contribution in [0.15, 0.2) is 60.7 Å². The van der Waals surface area contributed by atoms with E-state index in [9.17, 15) is 4.79 Å². The number of anilines is 1. The Morgan fingerprint density at radius 2 is 1.84 bits per heavy atom. The van der Waals surface area contributed by atoms with Crippen molar-refractivity contribution in [3.05, 3.63) is 71.4 Å². The first kappa shape index (κ1) is 20.9. The summed E-state index contributed by atoms with van der Waals surface area (Å²) in [7, 11) is 3.16. The van der Waals surface area contributed by atoms with Gasteiger partial charge in [0.2, 0.25) is 5.91 Å². The second-order valence-corrected chi connectivity index (χ2v) is 7.70. The van der Waals surface area contributed by atoms with Crippen molar-refractivity contribution in [2.45, 2.75) is 11.8 Å². The van der Waals surface area contributed by atoms with Crippen LogP contribution in [0.25, 0.3) is 0 Å². The van der Waals surface area contributed by atoms with Crippen LogP contribution in [0.5, 0.6) is 17.2 Å². The van der Waals surface area contributed by atoms with Gasteiger partial charge in [-0.25, -0.2) is 0 Å². The molecule has 1 amide bonds. The van der Waals surface area contributed by atoms with Crippen LogP contribution < -0.4 is 19.5 Å². The Bertz CT molecular complexity index is 1060. The number of ether oxygens (including phenoxy) is 3. The minimum atomic E-state index is -0.432. The normalized spacial score (nSPS) is 19.4. The highest BCUT2D eigenvalue weighted by Gasteiger charge is 2.60. The van der Waals surface area contributed by atoms with Gasteiger partial charge < -0.3 is 19.5 Å². The number of rotatable bonds is 8. The minimum absolute atomic E-state index is 0.128. The number of hydrogen-bond acceptors (Lipinski definition) is 6. The fourth-order valence-electron chi connectivity index (χ4n) is 3.70. The Morgan fingerprint density at radius 1 is 1.06 bits per heavy atom. The molecular formula is C23H22ClN3O4. The highest BCUT2D eigenvalue weighted by molar-refractivity contribution is 6.29. The maximum atomic E-state index is 12.9. The van der Waals surface area contributed by atoms with E-state index in [1.54, 1.807) is 38.5 Å². The van der Waals surface area contributed by atoms with E-state index >= 15 is 0 Å². The zero-order valence-electron chi connectivity index (χ0n) is 17.2. The number of methoxy groups -OCH3 is 2. The molecule has 0 aliphatic heterocycles. The molecule has 8 heteroatoms. The topological polar surface area (TPSA) is 82.6 Å². The molecule has 1 saturated carbocycles. The lowest BCUT2D eigenvalue weighted by Crippen LogP contribution is -2.26. The van der Waals surface area contributed by atoms with Gasteiger partial charge in [-0.15, -0.1) is 10.2 Å². The Balaban J connectivity index is 1.52. The number of halogens is 1. The summed E-state index contributed by atoms with van der Waals surface area (Å²) < 4.78 is 16.7. The molecule has 31 heavy (non-hydrogen) atoms. The van der Waals surface area contributed by atoms with E-state index in [0.717, 1.165) is 5.56 Å². The van der Waals surface area contributed by atoms with Crippen LogP contribution >= 0.6 is 11.6 Å². The standard InChI is InChI=1S/C23H22ClN3O4/c1-29-18-9-8-16(12-19(18)30-2)31-14-23(15-6-4-3-5-7-15)13-17(23)22(28)25-21-11-10-20(24)26-27-21/h3-12,17H,13-14H2,1-2H3,(H,25,27,28). The predicted molar refractivity (Wildman–Crippen MR) is 117 cm³/mol. The fourth-order valence-corrected chi connectivity index (χ4v) is 3.80. The lowest BCUT2D eigenvalue weighted by molar-refractivity contribution is -0.117. The number of aromatic nitrogens is 2. The summed E-state index contributed by atoms with van der Waals surface area (Å²) in [5, 5.41) is 10.8. The average molecular weight is 440 g/mol. The molecule has 0 radical (unpaired) electrons. The summed E-state index contributed by atoms with van der Waals surface area (Å²) in [6.45, 7) is 0.344. The molecule has 0 saturated heterocycles. The summed E-state index contributed by atoms with van der Waals surface area (Å²) in [6, 6.07) is 18.5. The van der Waals surface area contributed by atoms with E-state index in [2.05, 4.69) is 15.5 Å². The predicted octanol–water partition coefficient (Wildman–Crippen LogP) is 4.12. The van der Waals surface area contributed by atoms with Crippen molar-refractivity contribution in [1.82, 2.24) is 10.2 Å². The molecule has 1 fully saturated rings. The number of carbonyl (C=O) groups excluding carboxylic acids is 1. The third-order valence-electron chi connectivity index (χ3n) is 5.48. The van der Waals surface area contributed by atoms with Gasteiger partial charge in [0.05, 0.1) is 26.7 Å². The Hall–Kier alpha value is -3.32. The molecule has 7 nitrogen and oxygen atoms in total. The summed E-state index contributed by atoms with van der Waals surface area (Å²) in [4.78, 5) is 12.9. The van der Waals surface area contributed by atoms with Crippen LogP contribution in [-0.2, 0) is 10.2 Å². The van der Waals surface area contributed by atoms with Gasteiger partial charge in [0.1, 0.15) is 5.75 Å². The van der Waals surface area contributed by atoms with E-state index in [1.807, 2.05) is 36.4 Å². The van der Waals surface area contributed by atoms with Crippen molar-refractivity contribution in [2.75, 3.05) is 26.1 Å². The highest BCUT2D eigenvalue weighted by atomic mass is 35.5. The molecule has 2 unspecified atom stereocenters. The second-order valence-electron chi connectivity index (χ2n) is 7.31. The van der Waals surface area contributed by atoms with Crippen LogP contribution in [0.4, 0.5) is 5.82 Å².